The maximum atomic E-state index is 9.49. The van der Waals surface area contributed by atoms with E-state index >= 15 is 0 Å². The van der Waals surface area contributed by atoms with Crippen LogP contribution in [-0.4, -0.2) is 52.6 Å². The highest BCUT2D eigenvalue weighted by Crippen LogP contribution is 2.21. The third-order valence-electron chi connectivity index (χ3n) is 2.29. The van der Waals surface area contributed by atoms with Crippen LogP contribution in [-0.2, 0) is 9.47 Å². The molecule has 5 heteroatoms. The van der Waals surface area contributed by atoms with Crippen LogP contribution in [0.2, 0.25) is 0 Å². The third-order valence-corrected chi connectivity index (χ3v) is 2.29. The Morgan fingerprint density at radius 2 is 1.79 bits per heavy atom. The number of aliphatic hydroxyl groups excluding tert-OH is 3. The molecule has 1 aliphatic rings. The van der Waals surface area contributed by atoms with E-state index in [0.717, 1.165) is 6.42 Å². The molecule has 5 atom stereocenters. The summed E-state index contributed by atoms with van der Waals surface area (Å²) >= 11 is 0. The third kappa shape index (κ3) is 2.43. The van der Waals surface area contributed by atoms with E-state index in [2.05, 4.69) is 0 Å². The van der Waals surface area contributed by atoms with Gasteiger partial charge in [0.15, 0.2) is 6.29 Å². The summed E-state index contributed by atoms with van der Waals surface area (Å²) in [6.45, 7) is 4.02. The molecule has 84 valence electrons. The van der Waals surface area contributed by atoms with E-state index in [1.807, 2.05) is 6.92 Å². The minimum absolute atomic E-state index is 0.456. The quantitative estimate of drug-likeness (QED) is 0.565. The van der Waals surface area contributed by atoms with Crippen LogP contribution in [0.25, 0.3) is 0 Å². The topological polar surface area (TPSA) is 79.2 Å². The minimum atomic E-state index is -1.21. The molecule has 0 radical (unpaired) electrons. The van der Waals surface area contributed by atoms with Crippen LogP contribution in [0, 0.1) is 0 Å². The van der Waals surface area contributed by atoms with E-state index in [4.69, 9.17) is 9.47 Å². The zero-order chi connectivity index (χ0) is 10.7. The summed E-state index contributed by atoms with van der Waals surface area (Å²) in [4.78, 5) is 0. The molecule has 0 saturated carbocycles. The predicted octanol–water partition coefficient (Wildman–Crippen LogP) is -0.760. The summed E-state index contributed by atoms with van der Waals surface area (Å²) in [6.07, 6.45) is -4.03. The van der Waals surface area contributed by atoms with Gasteiger partial charge in [-0.1, -0.05) is 6.92 Å². The van der Waals surface area contributed by atoms with Gasteiger partial charge >= 0.3 is 0 Å². The van der Waals surface area contributed by atoms with E-state index in [1.165, 1.54) is 0 Å². The number of hydrogen-bond acceptors (Lipinski definition) is 5. The Bertz CT molecular complexity index is 175. The second kappa shape index (κ2) is 5.04. The molecule has 0 spiro atoms. The van der Waals surface area contributed by atoms with Crippen molar-refractivity contribution in [3.63, 3.8) is 0 Å². The zero-order valence-corrected chi connectivity index (χ0v) is 8.46. The van der Waals surface area contributed by atoms with E-state index < -0.39 is 30.7 Å². The van der Waals surface area contributed by atoms with Crippen molar-refractivity contribution >= 4 is 0 Å². The molecule has 3 N–H and O–H groups in total. The lowest BCUT2D eigenvalue weighted by molar-refractivity contribution is -0.293. The molecular weight excluding hydrogens is 188 g/mol. The summed E-state index contributed by atoms with van der Waals surface area (Å²) in [6, 6.07) is 0. The summed E-state index contributed by atoms with van der Waals surface area (Å²) in [7, 11) is 0. The molecule has 0 amide bonds. The molecule has 0 unspecified atom stereocenters. The van der Waals surface area contributed by atoms with Crippen molar-refractivity contribution in [2.45, 2.75) is 51.0 Å². The Hall–Kier alpha value is -0.200. The van der Waals surface area contributed by atoms with Crippen molar-refractivity contribution in [1.82, 2.24) is 0 Å². The molecule has 0 aromatic carbocycles. The van der Waals surface area contributed by atoms with Gasteiger partial charge in [0.05, 0.1) is 6.10 Å². The summed E-state index contributed by atoms with van der Waals surface area (Å²) in [5.74, 6) is 0. The van der Waals surface area contributed by atoms with Crippen molar-refractivity contribution in [2.24, 2.45) is 0 Å². The van der Waals surface area contributed by atoms with E-state index in [-0.39, 0.29) is 0 Å². The first-order valence-electron chi connectivity index (χ1n) is 4.89. The maximum absolute atomic E-state index is 9.49. The number of hydrogen-bond donors (Lipinski definition) is 3. The van der Waals surface area contributed by atoms with Crippen LogP contribution in [0.15, 0.2) is 0 Å². The van der Waals surface area contributed by atoms with Gasteiger partial charge in [0.1, 0.15) is 18.3 Å². The molecule has 1 heterocycles. The summed E-state index contributed by atoms with van der Waals surface area (Å²) in [5.41, 5.74) is 0. The SMILES string of the molecule is CCCO[C@@H]1O[C@@H](C)[C@@H](O)[C@@H](O)[C@@H]1O. The van der Waals surface area contributed by atoms with Gasteiger partial charge in [-0.3, -0.25) is 0 Å². The highest BCUT2D eigenvalue weighted by atomic mass is 16.7. The first-order valence-corrected chi connectivity index (χ1v) is 4.89. The lowest BCUT2D eigenvalue weighted by Gasteiger charge is -2.38. The Morgan fingerprint density at radius 3 is 2.36 bits per heavy atom. The van der Waals surface area contributed by atoms with Crippen molar-refractivity contribution in [3.05, 3.63) is 0 Å². The van der Waals surface area contributed by atoms with Gasteiger partial charge in [-0.2, -0.15) is 0 Å². The molecule has 1 fully saturated rings. The zero-order valence-electron chi connectivity index (χ0n) is 8.46. The maximum Gasteiger partial charge on any atom is 0.186 e. The molecule has 1 saturated heterocycles. The van der Waals surface area contributed by atoms with Crippen molar-refractivity contribution in [2.75, 3.05) is 6.61 Å². The fourth-order valence-electron chi connectivity index (χ4n) is 1.39. The number of ether oxygens (including phenoxy) is 2. The van der Waals surface area contributed by atoms with Crippen LogP contribution in [0.1, 0.15) is 20.3 Å². The van der Waals surface area contributed by atoms with Crippen molar-refractivity contribution < 1.29 is 24.8 Å². The van der Waals surface area contributed by atoms with Gasteiger partial charge < -0.3 is 24.8 Å². The van der Waals surface area contributed by atoms with Gasteiger partial charge in [-0.05, 0) is 13.3 Å². The van der Waals surface area contributed by atoms with Crippen LogP contribution >= 0.6 is 0 Å². The van der Waals surface area contributed by atoms with E-state index in [0.29, 0.717) is 6.61 Å². The van der Waals surface area contributed by atoms with Crippen molar-refractivity contribution in [3.8, 4) is 0 Å². The molecule has 0 aliphatic carbocycles. The first-order chi connectivity index (χ1) is 6.57. The smallest absolute Gasteiger partial charge is 0.186 e. The Balaban J connectivity index is 2.52. The largest absolute Gasteiger partial charge is 0.388 e. The fourth-order valence-corrected chi connectivity index (χ4v) is 1.39. The van der Waals surface area contributed by atoms with Crippen LogP contribution in [0.3, 0.4) is 0 Å². The highest BCUT2D eigenvalue weighted by Gasteiger charge is 2.42. The lowest BCUT2D eigenvalue weighted by Crippen LogP contribution is -2.57. The fraction of sp³-hybridized carbons (Fsp3) is 1.00. The normalized spacial score (nSPS) is 43.9. The summed E-state index contributed by atoms with van der Waals surface area (Å²) in [5, 5.41) is 28.3. The second-order valence-electron chi connectivity index (χ2n) is 3.55. The number of aliphatic hydroxyl groups is 3. The van der Waals surface area contributed by atoms with Gasteiger partial charge in [-0.15, -0.1) is 0 Å². The molecule has 0 aromatic rings. The molecule has 0 bridgehead atoms. The molecule has 1 rings (SSSR count). The lowest BCUT2D eigenvalue weighted by atomic mass is 10.0. The van der Waals surface area contributed by atoms with E-state index in [9.17, 15) is 15.3 Å². The van der Waals surface area contributed by atoms with Gasteiger partial charge in [0.25, 0.3) is 0 Å². The van der Waals surface area contributed by atoms with Gasteiger partial charge in [0.2, 0.25) is 0 Å². The monoisotopic (exact) mass is 206 g/mol. The summed E-state index contributed by atoms with van der Waals surface area (Å²) < 4.78 is 10.4. The Morgan fingerprint density at radius 1 is 1.14 bits per heavy atom. The minimum Gasteiger partial charge on any atom is -0.388 e. The van der Waals surface area contributed by atoms with E-state index in [1.54, 1.807) is 6.92 Å². The van der Waals surface area contributed by atoms with Crippen LogP contribution < -0.4 is 0 Å². The molecule has 5 nitrogen and oxygen atoms in total. The molecule has 0 aromatic heterocycles. The molecule has 1 aliphatic heterocycles. The average Bonchev–Trinajstić information content (AvgIpc) is 2.18. The standard InChI is InChI=1S/C9H18O5/c1-3-4-13-9-8(12)7(11)6(10)5(2)14-9/h5-12H,3-4H2,1-2H3/t5-,6+,7+,8-,9+/m0/s1. The molecular formula is C9H18O5. The van der Waals surface area contributed by atoms with Crippen LogP contribution in [0.4, 0.5) is 0 Å². The van der Waals surface area contributed by atoms with Gasteiger partial charge in [0, 0.05) is 6.61 Å². The van der Waals surface area contributed by atoms with Crippen LogP contribution in [0.5, 0.6) is 0 Å². The Labute approximate surface area is 83.3 Å². The highest BCUT2D eigenvalue weighted by molar-refractivity contribution is 4.86. The predicted molar refractivity (Wildman–Crippen MR) is 48.6 cm³/mol. The molecule has 14 heavy (non-hydrogen) atoms. The number of rotatable bonds is 3. The first kappa shape index (κ1) is 11.9. The van der Waals surface area contributed by atoms with Crippen molar-refractivity contribution in [1.29, 1.82) is 0 Å². The second-order valence-corrected chi connectivity index (χ2v) is 3.55. The Kier molecular flexibility index (Phi) is 4.28. The van der Waals surface area contributed by atoms with Gasteiger partial charge in [-0.25, -0.2) is 0 Å². The average molecular weight is 206 g/mol.